The van der Waals surface area contributed by atoms with Gasteiger partial charge in [-0.15, -0.1) is 12.1 Å². The number of carbonyl (C=O) groups is 1. The molecule has 0 atom stereocenters. The summed E-state index contributed by atoms with van der Waals surface area (Å²) in [6.07, 6.45) is 10.5. The number of rotatable bonds is 7. The second kappa shape index (κ2) is 13.2. The van der Waals surface area contributed by atoms with E-state index >= 15 is 0 Å². The van der Waals surface area contributed by atoms with Crippen LogP contribution in [0.5, 0.6) is 0 Å². The van der Waals surface area contributed by atoms with Gasteiger partial charge in [0.1, 0.15) is 0 Å². The first-order valence-corrected chi connectivity index (χ1v) is 14.3. The normalized spacial score (nSPS) is 13.6. The van der Waals surface area contributed by atoms with Crippen molar-refractivity contribution >= 4 is 27.3 Å². The molecule has 1 radical (unpaired) electrons. The molecule has 0 spiro atoms. The summed E-state index contributed by atoms with van der Waals surface area (Å²) in [6.45, 7) is 14.8. The predicted octanol–water partition coefficient (Wildman–Crippen LogP) is 9.07. The van der Waals surface area contributed by atoms with Gasteiger partial charge in [0.05, 0.1) is 5.76 Å². The summed E-state index contributed by atoms with van der Waals surface area (Å²) in [4.78, 5) is 20.7. The molecular formula is C35H41IrN2O2-. The average molecular weight is 714 g/mol. The number of fused-ring (bicyclic) bond motifs is 3. The number of allylic oxidation sites excluding steroid dienone is 2. The number of hydrogen-bond acceptors (Lipinski definition) is 4. The van der Waals surface area contributed by atoms with Crippen LogP contribution in [0.4, 0.5) is 0 Å². The Hall–Kier alpha value is -2.88. The SMILES string of the molecule is CCC(CC)C(=O)/C=C(\O)C(CC)CC.Cc1cc2c3c(nccc3c1)-c1[c-]c3cnccc3cc1C2(C)C.[Ir]. The molecule has 213 valence electrons. The molecule has 0 saturated heterocycles. The number of aryl methyl sites for hydroxylation is 1. The monoisotopic (exact) mass is 714 g/mol. The van der Waals surface area contributed by atoms with E-state index in [1.807, 2.05) is 46.3 Å². The van der Waals surface area contributed by atoms with Crippen LogP contribution in [-0.2, 0) is 30.3 Å². The third kappa shape index (κ3) is 6.06. The van der Waals surface area contributed by atoms with Crippen LogP contribution < -0.4 is 0 Å². The standard InChI is InChI=1S/C22H17N2.C13H24O2.Ir/c1-13-8-15-5-7-24-21-17-10-16-12-23-6-4-14(16)11-18(17)22(2,3)19(9-13)20(15)21;1-5-10(6-2)12(14)9-13(15)11(7-3)8-4;/h4-9,11-12H,1-3H3;9-11,14H,5-8H2,1-4H3;/q-1;;/b;12-9-;. The molecule has 0 aliphatic heterocycles. The number of benzene rings is 2. The summed E-state index contributed by atoms with van der Waals surface area (Å²) >= 11 is 0. The maximum atomic E-state index is 11.7. The Morgan fingerprint density at radius 1 is 0.950 bits per heavy atom. The number of aromatic nitrogens is 2. The van der Waals surface area contributed by atoms with E-state index in [4.69, 9.17) is 4.98 Å². The number of pyridine rings is 2. The molecule has 2 aromatic heterocycles. The van der Waals surface area contributed by atoms with Crippen molar-refractivity contribution in [2.24, 2.45) is 11.8 Å². The van der Waals surface area contributed by atoms with Crippen molar-refractivity contribution in [2.75, 3.05) is 0 Å². The fourth-order valence-electron chi connectivity index (χ4n) is 5.82. The minimum absolute atomic E-state index is 0. The Bertz CT molecular complexity index is 1530. The summed E-state index contributed by atoms with van der Waals surface area (Å²) in [5.74, 6) is 0.547. The zero-order valence-corrected chi connectivity index (χ0v) is 27.2. The number of nitrogens with zero attached hydrogens (tertiary/aromatic N) is 2. The zero-order valence-electron chi connectivity index (χ0n) is 24.8. The number of hydrogen-bond donors (Lipinski definition) is 1. The van der Waals surface area contributed by atoms with Gasteiger partial charge < -0.3 is 10.1 Å². The summed E-state index contributed by atoms with van der Waals surface area (Å²) in [5, 5.41) is 14.5. The largest absolute Gasteiger partial charge is 0.512 e. The Morgan fingerprint density at radius 2 is 1.60 bits per heavy atom. The Morgan fingerprint density at radius 3 is 2.25 bits per heavy atom. The van der Waals surface area contributed by atoms with Gasteiger partial charge in [0, 0.05) is 56.1 Å². The van der Waals surface area contributed by atoms with Gasteiger partial charge in [-0.3, -0.25) is 9.78 Å². The van der Waals surface area contributed by atoms with Gasteiger partial charge in [-0.25, -0.2) is 0 Å². The van der Waals surface area contributed by atoms with E-state index in [1.165, 1.54) is 38.9 Å². The molecule has 0 unspecified atom stereocenters. The minimum Gasteiger partial charge on any atom is -0.512 e. The summed E-state index contributed by atoms with van der Waals surface area (Å²) in [7, 11) is 0. The quantitative estimate of drug-likeness (QED) is 0.118. The number of ketones is 1. The minimum atomic E-state index is -0.0798. The van der Waals surface area contributed by atoms with Crippen LogP contribution in [0, 0.1) is 24.8 Å². The topological polar surface area (TPSA) is 63.1 Å². The van der Waals surface area contributed by atoms with Crippen LogP contribution >= 0.6 is 0 Å². The van der Waals surface area contributed by atoms with E-state index in [-0.39, 0.29) is 48.9 Å². The fraction of sp³-hybridized carbons (Fsp3) is 0.400. The van der Waals surface area contributed by atoms with Crippen LogP contribution in [0.15, 0.2) is 60.8 Å². The molecule has 40 heavy (non-hydrogen) atoms. The second-order valence-electron chi connectivity index (χ2n) is 11.2. The van der Waals surface area contributed by atoms with E-state index in [0.29, 0.717) is 0 Å². The van der Waals surface area contributed by atoms with E-state index in [9.17, 15) is 9.90 Å². The predicted molar refractivity (Wildman–Crippen MR) is 162 cm³/mol. The number of aliphatic hydroxyl groups is 1. The van der Waals surface area contributed by atoms with Gasteiger partial charge in [-0.2, -0.15) is 0 Å². The second-order valence-corrected chi connectivity index (χ2v) is 11.2. The molecule has 5 rings (SSSR count). The maximum Gasteiger partial charge on any atom is 0.162 e. The first kappa shape index (κ1) is 31.6. The van der Waals surface area contributed by atoms with Crippen LogP contribution in [-0.4, -0.2) is 20.9 Å². The van der Waals surface area contributed by atoms with Gasteiger partial charge in [-0.1, -0.05) is 87.2 Å². The molecule has 0 amide bonds. The first-order chi connectivity index (χ1) is 18.7. The molecule has 4 aromatic rings. The summed E-state index contributed by atoms with van der Waals surface area (Å²) in [6, 6.07) is 14.6. The maximum absolute atomic E-state index is 11.7. The molecule has 1 N–H and O–H groups in total. The van der Waals surface area contributed by atoms with Crippen molar-refractivity contribution in [3.8, 4) is 11.3 Å². The number of aliphatic hydroxyl groups excluding tert-OH is 1. The van der Waals surface area contributed by atoms with E-state index in [0.717, 1.165) is 42.3 Å². The zero-order chi connectivity index (χ0) is 28.3. The van der Waals surface area contributed by atoms with Gasteiger partial charge in [0.25, 0.3) is 0 Å². The first-order valence-electron chi connectivity index (χ1n) is 14.3. The molecule has 0 bridgehead atoms. The van der Waals surface area contributed by atoms with Crippen molar-refractivity contribution in [1.82, 2.24) is 9.97 Å². The van der Waals surface area contributed by atoms with Crippen LogP contribution in [0.1, 0.15) is 83.9 Å². The van der Waals surface area contributed by atoms with Crippen molar-refractivity contribution in [2.45, 2.75) is 79.6 Å². The fourth-order valence-corrected chi connectivity index (χ4v) is 5.82. The average Bonchev–Trinajstić information content (AvgIpc) is 2.92. The summed E-state index contributed by atoms with van der Waals surface area (Å²) in [5.41, 5.74) is 6.02. The summed E-state index contributed by atoms with van der Waals surface area (Å²) < 4.78 is 0. The Balaban J connectivity index is 0.000000243. The molecule has 5 heteroatoms. The van der Waals surface area contributed by atoms with Crippen molar-refractivity contribution in [3.63, 3.8) is 0 Å². The van der Waals surface area contributed by atoms with Crippen molar-refractivity contribution in [1.29, 1.82) is 0 Å². The Labute approximate surface area is 252 Å². The van der Waals surface area contributed by atoms with E-state index < -0.39 is 0 Å². The van der Waals surface area contributed by atoms with Gasteiger partial charge >= 0.3 is 0 Å². The van der Waals surface area contributed by atoms with E-state index in [1.54, 1.807) is 0 Å². The van der Waals surface area contributed by atoms with Gasteiger partial charge in [0.2, 0.25) is 0 Å². The molecule has 0 saturated carbocycles. The van der Waals surface area contributed by atoms with E-state index in [2.05, 4.69) is 62.2 Å². The molecule has 4 nitrogen and oxygen atoms in total. The van der Waals surface area contributed by atoms with Crippen molar-refractivity contribution < 1.29 is 30.0 Å². The molecule has 1 aliphatic carbocycles. The molecule has 0 fully saturated rings. The van der Waals surface area contributed by atoms with Crippen LogP contribution in [0.2, 0.25) is 0 Å². The van der Waals surface area contributed by atoms with Crippen LogP contribution in [0.3, 0.4) is 0 Å². The third-order valence-electron chi connectivity index (χ3n) is 8.36. The Kier molecular flexibility index (Phi) is 10.4. The third-order valence-corrected chi connectivity index (χ3v) is 8.36. The van der Waals surface area contributed by atoms with Gasteiger partial charge in [-0.05, 0) is 66.6 Å². The molecule has 2 heterocycles. The molecular weight excluding hydrogens is 673 g/mol. The van der Waals surface area contributed by atoms with Gasteiger partial charge in [0.15, 0.2) is 5.78 Å². The molecule has 1 aliphatic rings. The van der Waals surface area contributed by atoms with Crippen molar-refractivity contribution in [3.05, 3.63) is 83.5 Å². The smallest absolute Gasteiger partial charge is 0.162 e. The molecule has 2 aromatic carbocycles. The van der Waals surface area contributed by atoms with Crippen LogP contribution in [0.25, 0.3) is 32.8 Å². The number of carbonyl (C=O) groups excluding carboxylic acids is 1.